The zero-order valence-corrected chi connectivity index (χ0v) is 20.1. The molecular weight excluding hydrogens is 448 g/mol. The number of carbonyl (C=O) groups is 3. The number of hydrogen-bond donors (Lipinski definition) is 1. The second kappa shape index (κ2) is 12.4. The second-order valence-corrected chi connectivity index (χ2v) is 10.2. The van der Waals surface area contributed by atoms with Crippen LogP contribution in [0.2, 0.25) is 0 Å². The molecule has 1 heterocycles. The molecule has 0 saturated carbocycles. The van der Waals surface area contributed by atoms with Crippen LogP contribution < -0.4 is 10.1 Å². The number of unbranched alkanes of at least 4 members (excludes halogenated alkanes) is 1. The molecule has 1 aliphatic heterocycles. The van der Waals surface area contributed by atoms with Crippen molar-refractivity contribution in [3.05, 3.63) is 35.9 Å². The van der Waals surface area contributed by atoms with Gasteiger partial charge in [0.1, 0.15) is 11.8 Å². The van der Waals surface area contributed by atoms with Crippen LogP contribution in [-0.2, 0) is 29.0 Å². The lowest BCUT2D eigenvalue weighted by atomic mass is 10.2. The van der Waals surface area contributed by atoms with Gasteiger partial charge in [0.05, 0.1) is 18.6 Å². The van der Waals surface area contributed by atoms with Gasteiger partial charge in [0.15, 0.2) is 16.4 Å². The minimum atomic E-state index is -3.15. The molecule has 0 bridgehead atoms. The number of carbonyl (C=O) groups excluding carboxylic acids is 3. The number of amides is 2. The summed E-state index contributed by atoms with van der Waals surface area (Å²) in [5.41, 5.74) is 0.785. The van der Waals surface area contributed by atoms with Gasteiger partial charge in [0, 0.05) is 18.7 Å². The fourth-order valence-electron chi connectivity index (χ4n) is 3.41. The van der Waals surface area contributed by atoms with Crippen LogP contribution in [-0.4, -0.2) is 75.0 Å². The topological polar surface area (TPSA) is 119 Å². The summed E-state index contributed by atoms with van der Waals surface area (Å²) in [6.45, 7) is 3.35. The Morgan fingerprint density at radius 1 is 1.24 bits per heavy atom. The smallest absolute Gasteiger partial charge is 0.328 e. The molecule has 33 heavy (non-hydrogen) atoms. The summed E-state index contributed by atoms with van der Waals surface area (Å²) < 4.78 is 33.8. The maximum absolute atomic E-state index is 12.6. The Bertz CT molecular complexity index is 958. The van der Waals surface area contributed by atoms with Crippen molar-refractivity contribution in [1.82, 2.24) is 10.2 Å². The van der Waals surface area contributed by atoms with Crippen molar-refractivity contribution < 1.29 is 32.3 Å². The largest absolute Gasteiger partial charge is 0.497 e. The Morgan fingerprint density at radius 3 is 2.52 bits per heavy atom. The molecule has 1 unspecified atom stereocenters. The van der Waals surface area contributed by atoms with E-state index >= 15 is 0 Å². The first kappa shape index (κ1) is 26.4. The fraction of sp³-hybridized carbons (Fsp3) is 0.522. The van der Waals surface area contributed by atoms with Crippen LogP contribution in [0.1, 0.15) is 38.7 Å². The monoisotopic (exact) mass is 480 g/mol. The normalized spacial score (nSPS) is 18.0. The molecule has 0 radical (unpaired) electrons. The van der Waals surface area contributed by atoms with Crippen molar-refractivity contribution in [3.8, 4) is 5.75 Å². The number of esters is 1. The third-order valence-electron chi connectivity index (χ3n) is 5.32. The van der Waals surface area contributed by atoms with Crippen LogP contribution in [0.25, 0.3) is 6.08 Å². The van der Waals surface area contributed by atoms with Crippen LogP contribution in [0.3, 0.4) is 0 Å². The van der Waals surface area contributed by atoms with Crippen LogP contribution in [0.5, 0.6) is 5.75 Å². The van der Waals surface area contributed by atoms with Gasteiger partial charge in [-0.1, -0.05) is 25.5 Å². The Labute approximate surface area is 195 Å². The summed E-state index contributed by atoms with van der Waals surface area (Å²) in [6, 6.07) is 5.74. The quantitative estimate of drug-likeness (QED) is 0.377. The molecule has 2 amide bonds. The second-order valence-electron chi connectivity index (χ2n) is 7.94. The van der Waals surface area contributed by atoms with Crippen LogP contribution in [0, 0.1) is 0 Å². The van der Waals surface area contributed by atoms with E-state index < -0.39 is 46.3 Å². The molecule has 10 heteroatoms. The summed E-state index contributed by atoms with van der Waals surface area (Å²) >= 11 is 0. The molecule has 2 rings (SSSR count). The van der Waals surface area contributed by atoms with E-state index in [9.17, 15) is 22.8 Å². The highest BCUT2D eigenvalue weighted by molar-refractivity contribution is 7.91. The average molecular weight is 481 g/mol. The molecule has 1 N–H and O–H groups in total. The first-order chi connectivity index (χ1) is 15.6. The van der Waals surface area contributed by atoms with Gasteiger partial charge >= 0.3 is 5.97 Å². The van der Waals surface area contributed by atoms with E-state index in [0.29, 0.717) is 18.7 Å². The van der Waals surface area contributed by atoms with Crippen molar-refractivity contribution in [1.29, 1.82) is 0 Å². The Kier molecular flexibility index (Phi) is 9.90. The molecule has 9 nitrogen and oxygen atoms in total. The standard InChI is InChI=1S/C23H32N2O7S/c1-4-5-13-25(19-12-14-33(29,30)16-19)22(27)15-32-23(28)17(2)24-21(26)11-8-18-6-9-20(31-3)10-7-18/h6-11,17,19H,4-5,12-16H2,1-3H3,(H,24,26)/b11-8+/t17-,19?/m0/s1. The third-order valence-corrected chi connectivity index (χ3v) is 7.07. The SMILES string of the molecule is CCCCN(C(=O)COC(=O)[C@H](C)NC(=O)/C=C/c1ccc(OC)cc1)C1CCS(=O)(=O)C1. The highest BCUT2D eigenvalue weighted by Gasteiger charge is 2.34. The fourth-order valence-corrected chi connectivity index (χ4v) is 5.14. The number of hydrogen-bond acceptors (Lipinski definition) is 7. The molecule has 2 atom stereocenters. The summed E-state index contributed by atoms with van der Waals surface area (Å²) in [4.78, 5) is 38.5. The lowest BCUT2D eigenvalue weighted by molar-refractivity contribution is -0.154. The Balaban J connectivity index is 1.84. The van der Waals surface area contributed by atoms with E-state index in [1.165, 1.54) is 17.9 Å². The number of benzene rings is 1. The Morgan fingerprint density at radius 2 is 1.94 bits per heavy atom. The van der Waals surface area contributed by atoms with Crippen molar-refractivity contribution in [2.75, 3.05) is 31.8 Å². The van der Waals surface area contributed by atoms with Crippen LogP contribution in [0.4, 0.5) is 0 Å². The molecule has 182 valence electrons. The predicted molar refractivity (Wildman–Crippen MR) is 124 cm³/mol. The number of nitrogens with zero attached hydrogens (tertiary/aromatic N) is 1. The average Bonchev–Trinajstić information content (AvgIpc) is 3.15. The van der Waals surface area contributed by atoms with Crippen molar-refractivity contribution in [3.63, 3.8) is 0 Å². The minimum absolute atomic E-state index is 0.0560. The molecule has 1 aromatic carbocycles. The molecule has 1 fully saturated rings. The maximum Gasteiger partial charge on any atom is 0.328 e. The number of sulfone groups is 1. The van der Waals surface area contributed by atoms with E-state index in [0.717, 1.165) is 18.4 Å². The molecule has 1 aliphatic rings. The first-order valence-corrected chi connectivity index (χ1v) is 12.8. The van der Waals surface area contributed by atoms with Gasteiger partial charge in [-0.25, -0.2) is 13.2 Å². The zero-order chi connectivity index (χ0) is 24.4. The Hall–Kier alpha value is -2.88. The first-order valence-electron chi connectivity index (χ1n) is 10.9. The maximum atomic E-state index is 12.6. The van der Waals surface area contributed by atoms with Gasteiger partial charge in [-0.15, -0.1) is 0 Å². The van der Waals surface area contributed by atoms with Crippen molar-refractivity contribution >= 4 is 33.7 Å². The van der Waals surface area contributed by atoms with Gasteiger partial charge in [0.25, 0.3) is 5.91 Å². The number of rotatable bonds is 11. The van der Waals surface area contributed by atoms with E-state index in [1.807, 2.05) is 6.92 Å². The lowest BCUT2D eigenvalue weighted by Crippen LogP contribution is -2.45. The summed E-state index contributed by atoms with van der Waals surface area (Å²) in [5, 5.41) is 2.50. The van der Waals surface area contributed by atoms with Gasteiger partial charge in [-0.3, -0.25) is 9.59 Å². The number of methoxy groups -OCH3 is 1. The van der Waals surface area contributed by atoms with Crippen molar-refractivity contribution in [2.45, 2.75) is 45.2 Å². The molecule has 1 saturated heterocycles. The summed E-state index contributed by atoms with van der Waals surface area (Å²) in [5.74, 6) is -0.974. The zero-order valence-electron chi connectivity index (χ0n) is 19.3. The van der Waals surface area contributed by atoms with Gasteiger partial charge in [-0.2, -0.15) is 0 Å². The molecule has 0 spiro atoms. The molecule has 1 aromatic rings. The summed E-state index contributed by atoms with van der Waals surface area (Å²) in [7, 11) is -1.58. The van der Waals surface area contributed by atoms with E-state index in [2.05, 4.69) is 5.32 Å². The van der Waals surface area contributed by atoms with Crippen molar-refractivity contribution in [2.24, 2.45) is 0 Å². The minimum Gasteiger partial charge on any atom is -0.497 e. The van der Waals surface area contributed by atoms with Gasteiger partial charge in [-0.05, 0) is 43.5 Å². The van der Waals surface area contributed by atoms with Crippen LogP contribution in [0.15, 0.2) is 30.3 Å². The molecule has 0 aromatic heterocycles. The van der Waals surface area contributed by atoms with E-state index in [-0.39, 0.29) is 11.5 Å². The van der Waals surface area contributed by atoms with Crippen LogP contribution >= 0.6 is 0 Å². The van der Waals surface area contributed by atoms with E-state index in [4.69, 9.17) is 9.47 Å². The predicted octanol–water partition coefficient (Wildman–Crippen LogP) is 1.57. The third kappa shape index (κ3) is 8.53. The summed E-state index contributed by atoms with van der Waals surface area (Å²) in [6.07, 6.45) is 4.85. The van der Waals surface area contributed by atoms with Gasteiger partial charge < -0.3 is 19.7 Å². The van der Waals surface area contributed by atoms with Gasteiger partial charge in [0.2, 0.25) is 5.91 Å². The lowest BCUT2D eigenvalue weighted by Gasteiger charge is -2.28. The molecular formula is C23H32N2O7S. The molecule has 0 aliphatic carbocycles. The highest BCUT2D eigenvalue weighted by Crippen LogP contribution is 2.19. The number of ether oxygens (including phenoxy) is 2. The number of nitrogens with one attached hydrogen (secondary N) is 1. The highest BCUT2D eigenvalue weighted by atomic mass is 32.2. The van der Waals surface area contributed by atoms with E-state index in [1.54, 1.807) is 37.5 Å².